The molecular weight excluding hydrogens is 188 g/mol. The number of piperidine rings is 1. The van der Waals surface area contributed by atoms with E-state index in [0.29, 0.717) is 6.04 Å². The minimum absolute atomic E-state index is 0.117. The average Bonchev–Trinajstić information content (AvgIpc) is 2.29. The van der Waals surface area contributed by atoms with Gasteiger partial charge in [0.05, 0.1) is 6.10 Å². The SMILES string of the molecule is CCC(O)CCNC1CCN(CC)CC1. The van der Waals surface area contributed by atoms with Gasteiger partial charge in [-0.15, -0.1) is 0 Å². The van der Waals surface area contributed by atoms with E-state index in [1.54, 1.807) is 0 Å². The predicted molar refractivity (Wildman–Crippen MR) is 64.1 cm³/mol. The van der Waals surface area contributed by atoms with E-state index in [0.717, 1.165) is 19.4 Å². The van der Waals surface area contributed by atoms with Crippen molar-refractivity contribution in [3.8, 4) is 0 Å². The second kappa shape index (κ2) is 7.20. The summed E-state index contributed by atoms with van der Waals surface area (Å²) in [6.07, 6.45) is 4.17. The molecule has 2 N–H and O–H groups in total. The lowest BCUT2D eigenvalue weighted by molar-refractivity contribution is 0.153. The Morgan fingerprint density at radius 1 is 1.33 bits per heavy atom. The molecule has 1 aliphatic rings. The van der Waals surface area contributed by atoms with Gasteiger partial charge in [-0.1, -0.05) is 13.8 Å². The zero-order valence-electron chi connectivity index (χ0n) is 10.2. The number of hydrogen-bond donors (Lipinski definition) is 2. The van der Waals surface area contributed by atoms with E-state index in [-0.39, 0.29) is 6.10 Å². The topological polar surface area (TPSA) is 35.5 Å². The van der Waals surface area contributed by atoms with Crippen molar-refractivity contribution in [1.82, 2.24) is 10.2 Å². The Hall–Kier alpha value is -0.120. The molecule has 0 spiro atoms. The van der Waals surface area contributed by atoms with Crippen LogP contribution in [0.4, 0.5) is 0 Å². The number of aliphatic hydroxyl groups is 1. The molecule has 1 fully saturated rings. The van der Waals surface area contributed by atoms with Crippen molar-refractivity contribution in [3.63, 3.8) is 0 Å². The molecule has 15 heavy (non-hydrogen) atoms. The van der Waals surface area contributed by atoms with E-state index in [4.69, 9.17) is 0 Å². The third-order valence-corrected chi connectivity index (χ3v) is 3.42. The minimum atomic E-state index is -0.117. The van der Waals surface area contributed by atoms with Crippen LogP contribution < -0.4 is 5.32 Å². The minimum Gasteiger partial charge on any atom is -0.393 e. The maximum Gasteiger partial charge on any atom is 0.0549 e. The Morgan fingerprint density at radius 3 is 2.53 bits per heavy atom. The molecule has 0 bridgehead atoms. The number of rotatable bonds is 6. The van der Waals surface area contributed by atoms with Gasteiger partial charge in [0.1, 0.15) is 0 Å². The molecule has 1 heterocycles. The van der Waals surface area contributed by atoms with Crippen LogP contribution in [-0.4, -0.2) is 48.3 Å². The highest BCUT2D eigenvalue weighted by atomic mass is 16.3. The fourth-order valence-corrected chi connectivity index (χ4v) is 2.11. The molecule has 1 atom stereocenters. The maximum absolute atomic E-state index is 9.42. The van der Waals surface area contributed by atoms with Crippen molar-refractivity contribution < 1.29 is 5.11 Å². The molecule has 1 unspecified atom stereocenters. The van der Waals surface area contributed by atoms with Crippen molar-refractivity contribution in [2.24, 2.45) is 0 Å². The van der Waals surface area contributed by atoms with Crippen LogP contribution in [0.25, 0.3) is 0 Å². The smallest absolute Gasteiger partial charge is 0.0549 e. The van der Waals surface area contributed by atoms with E-state index < -0.39 is 0 Å². The fraction of sp³-hybridized carbons (Fsp3) is 1.00. The molecule has 0 radical (unpaired) electrons. The van der Waals surface area contributed by atoms with Crippen molar-refractivity contribution in [2.75, 3.05) is 26.2 Å². The number of likely N-dealkylation sites (tertiary alicyclic amines) is 1. The lowest BCUT2D eigenvalue weighted by atomic mass is 10.0. The normalized spacial score (nSPS) is 21.8. The number of nitrogens with zero attached hydrogens (tertiary/aromatic N) is 1. The van der Waals surface area contributed by atoms with Crippen LogP contribution in [0.3, 0.4) is 0 Å². The molecule has 0 aromatic carbocycles. The van der Waals surface area contributed by atoms with E-state index >= 15 is 0 Å². The van der Waals surface area contributed by atoms with Crippen LogP contribution in [0, 0.1) is 0 Å². The van der Waals surface area contributed by atoms with Crippen LogP contribution in [0.5, 0.6) is 0 Å². The molecule has 0 aromatic rings. The van der Waals surface area contributed by atoms with Gasteiger partial charge in [-0.25, -0.2) is 0 Å². The lowest BCUT2D eigenvalue weighted by Gasteiger charge is -2.31. The first-order valence-electron chi connectivity index (χ1n) is 6.40. The van der Waals surface area contributed by atoms with Gasteiger partial charge < -0.3 is 15.3 Å². The Kier molecular flexibility index (Phi) is 6.22. The largest absolute Gasteiger partial charge is 0.393 e. The Labute approximate surface area is 93.9 Å². The van der Waals surface area contributed by atoms with E-state index in [1.165, 1.54) is 32.5 Å². The Morgan fingerprint density at radius 2 is 2.00 bits per heavy atom. The maximum atomic E-state index is 9.42. The molecule has 1 rings (SSSR count). The number of hydrogen-bond acceptors (Lipinski definition) is 3. The summed E-state index contributed by atoms with van der Waals surface area (Å²) in [6, 6.07) is 0.678. The van der Waals surface area contributed by atoms with Gasteiger partial charge >= 0.3 is 0 Å². The second-order valence-electron chi connectivity index (χ2n) is 4.51. The van der Waals surface area contributed by atoms with Crippen LogP contribution in [0.15, 0.2) is 0 Å². The van der Waals surface area contributed by atoms with Gasteiger partial charge in [0, 0.05) is 6.04 Å². The summed E-state index contributed by atoms with van der Waals surface area (Å²) in [4.78, 5) is 2.50. The molecular formula is C12H26N2O. The van der Waals surface area contributed by atoms with E-state index in [2.05, 4.69) is 17.1 Å². The van der Waals surface area contributed by atoms with Crippen LogP contribution >= 0.6 is 0 Å². The number of nitrogens with one attached hydrogen (secondary N) is 1. The molecule has 0 aliphatic carbocycles. The monoisotopic (exact) mass is 214 g/mol. The highest BCUT2D eigenvalue weighted by Gasteiger charge is 2.17. The van der Waals surface area contributed by atoms with Gasteiger partial charge in [-0.05, 0) is 51.9 Å². The zero-order valence-corrected chi connectivity index (χ0v) is 10.2. The summed E-state index contributed by atoms with van der Waals surface area (Å²) < 4.78 is 0. The first-order valence-corrected chi connectivity index (χ1v) is 6.40. The molecule has 1 aliphatic heterocycles. The van der Waals surface area contributed by atoms with Gasteiger partial charge in [0.25, 0.3) is 0 Å². The van der Waals surface area contributed by atoms with Gasteiger partial charge in [0.15, 0.2) is 0 Å². The van der Waals surface area contributed by atoms with Gasteiger partial charge in [-0.2, -0.15) is 0 Å². The van der Waals surface area contributed by atoms with Crippen molar-refractivity contribution in [2.45, 2.75) is 51.7 Å². The quantitative estimate of drug-likeness (QED) is 0.698. The third-order valence-electron chi connectivity index (χ3n) is 3.42. The Balaban J connectivity index is 2.03. The van der Waals surface area contributed by atoms with Crippen LogP contribution in [0.1, 0.15) is 39.5 Å². The van der Waals surface area contributed by atoms with Crippen LogP contribution in [-0.2, 0) is 0 Å². The fourth-order valence-electron chi connectivity index (χ4n) is 2.11. The highest BCUT2D eigenvalue weighted by molar-refractivity contribution is 4.76. The molecule has 0 saturated carbocycles. The highest BCUT2D eigenvalue weighted by Crippen LogP contribution is 2.09. The number of aliphatic hydroxyl groups excluding tert-OH is 1. The van der Waals surface area contributed by atoms with Crippen molar-refractivity contribution in [1.29, 1.82) is 0 Å². The summed E-state index contributed by atoms with van der Waals surface area (Å²) in [5.74, 6) is 0. The first-order chi connectivity index (χ1) is 7.26. The summed E-state index contributed by atoms with van der Waals surface area (Å²) in [5.41, 5.74) is 0. The molecule has 3 heteroatoms. The van der Waals surface area contributed by atoms with Gasteiger partial charge in [-0.3, -0.25) is 0 Å². The van der Waals surface area contributed by atoms with Crippen molar-refractivity contribution >= 4 is 0 Å². The van der Waals surface area contributed by atoms with Crippen LogP contribution in [0.2, 0.25) is 0 Å². The standard InChI is InChI=1S/C12H26N2O/c1-3-12(15)5-8-13-11-6-9-14(4-2)10-7-11/h11-13,15H,3-10H2,1-2H3. The van der Waals surface area contributed by atoms with Gasteiger partial charge in [0.2, 0.25) is 0 Å². The zero-order chi connectivity index (χ0) is 11.1. The summed E-state index contributed by atoms with van der Waals surface area (Å²) in [6.45, 7) is 8.86. The average molecular weight is 214 g/mol. The van der Waals surface area contributed by atoms with E-state index in [1.807, 2.05) is 6.92 Å². The third kappa shape index (κ3) is 4.96. The summed E-state index contributed by atoms with van der Waals surface area (Å²) >= 11 is 0. The summed E-state index contributed by atoms with van der Waals surface area (Å²) in [5, 5.41) is 13.0. The Bertz CT molecular complexity index is 156. The first kappa shape index (κ1) is 12.9. The second-order valence-corrected chi connectivity index (χ2v) is 4.51. The molecule has 90 valence electrons. The molecule has 1 saturated heterocycles. The molecule has 0 aromatic heterocycles. The molecule has 0 amide bonds. The molecule has 3 nitrogen and oxygen atoms in total. The van der Waals surface area contributed by atoms with Crippen molar-refractivity contribution in [3.05, 3.63) is 0 Å². The lowest BCUT2D eigenvalue weighted by Crippen LogP contribution is -2.42. The van der Waals surface area contributed by atoms with E-state index in [9.17, 15) is 5.11 Å². The predicted octanol–water partition coefficient (Wildman–Crippen LogP) is 1.22. The summed E-state index contributed by atoms with van der Waals surface area (Å²) in [7, 11) is 0.